The molecule has 0 amide bonds. The normalized spacial score (nSPS) is 8.31. The molecule has 0 atom stereocenters. The fourth-order valence-electron chi connectivity index (χ4n) is 0.642. The number of rotatable bonds is 10. The van der Waals surface area contributed by atoms with Crippen LogP contribution >= 0.6 is 0 Å². The predicted octanol–water partition coefficient (Wildman–Crippen LogP) is -1.16. The van der Waals surface area contributed by atoms with Crippen LogP contribution in [0.5, 0.6) is 0 Å². The maximum absolute atomic E-state index is 9.64. The molecule has 0 aliphatic rings. The van der Waals surface area contributed by atoms with Crippen molar-refractivity contribution in [3.63, 3.8) is 0 Å². The molecular formula is C14H23NO14. The minimum atomic E-state index is -1.08. The van der Waals surface area contributed by atoms with Gasteiger partial charge in [-0.1, -0.05) is 0 Å². The lowest BCUT2D eigenvalue weighted by Crippen LogP contribution is -2.10. The second-order valence-corrected chi connectivity index (χ2v) is 4.46. The summed E-state index contributed by atoms with van der Waals surface area (Å²) in [7, 11) is 0. The summed E-state index contributed by atoms with van der Waals surface area (Å²) < 4.78 is 0. The van der Waals surface area contributed by atoms with Crippen molar-refractivity contribution in [1.82, 2.24) is 0 Å². The summed E-state index contributed by atoms with van der Waals surface area (Å²) in [5, 5.41) is 55.0. The Morgan fingerprint density at radius 2 is 0.483 bits per heavy atom. The van der Waals surface area contributed by atoms with Crippen molar-refractivity contribution < 1.29 is 69.3 Å². The molecule has 0 saturated carbocycles. The van der Waals surface area contributed by atoms with E-state index >= 15 is 0 Å². The Hall–Kier alpha value is -3.75. The molecule has 168 valence electrons. The number of hydrogen-bond acceptors (Lipinski definition) is 8. The molecule has 0 saturated heterocycles. The van der Waals surface area contributed by atoms with E-state index in [0.29, 0.717) is 0 Å². The van der Waals surface area contributed by atoms with Gasteiger partial charge in [0.05, 0.1) is 45.1 Å². The zero-order chi connectivity index (χ0) is 24.0. The van der Waals surface area contributed by atoms with Crippen LogP contribution in [0.1, 0.15) is 38.5 Å². The van der Waals surface area contributed by atoms with E-state index in [-0.39, 0.29) is 45.1 Å². The van der Waals surface area contributed by atoms with Crippen molar-refractivity contribution in [1.29, 1.82) is 0 Å². The fourth-order valence-corrected chi connectivity index (χ4v) is 0.642. The molecule has 9 N–H and O–H groups in total. The maximum atomic E-state index is 9.64. The quantitative estimate of drug-likeness (QED) is 0.203. The molecule has 0 fully saturated rings. The molecular weight excluding hydrogens is 406 g/mol. The standard InChI is InChI=1S/3C4H6O4.C2H5NO2/c3*5-3(6)1-2-4(7)8;3-1-2(4)5/h3*1-2H2,(H,5,6)(H,7,8);1,3H2,(H,4,5). The summed E-state index contributed by atoms with van der Waals surface area (Å²) >= 11 is 0. The predicted molar refractivity (Wildman–Crippen MR) is 90.2 cm³/mol. The van der Waals surface area contributed by atoms with Crippen molar-refractivity contribution in [3.8, 4) is 0 Å². The summed E-state index contributed by atoms with van der Waals surface area (Å²) in [5.41, 5.74) is 4.57. The van der Waals surface area contributed by atoms with Gasteiger partial charge in [0.25, 0.3) is 0 Å². The van der Waals surface area contributed by atoms with Gasteiger partial charge in [0.1, 0.15) is 0 Å². The summed E-state index contributed by atoms with van der Waals surface area (Å²) in [4.78, 5) is 67.1. The smallest absolute Gasteiger partial charge is 0.317 e. The Morgan fingerprint density at radius 1 is 0.379 bits per heavy atom. The zero-order valence-corrected chi connectivity index (χ0v) is 15.0. The van der Waals surface area contributed by atoms with E-state index in [4.69, 9.17) is 35.7 Å². The molecule has 0 bridgehead atoms. The lowest BCUT2D eigenvalue weighted by atomic mass is 10.3. The second-order valence-electron chi connectivity index (χ2n) is 4.46. The van der Waals surface area contributed by atoms with Gasteiger partial charge in [-0.3, -0.25) is 33.6 Å². The molecule has 0 aromatic carbocycles. The van der Waals surface area contributed by atoms with Gasteiger partial charge in [-0.05, 0) is 0 Å². The Bertz CT molecular complexity index is 448. The van der Waals surface area contributed by atoms with Crippen LogP contribution in [0, 0.1) is 0 Å². The van der Waals surface area contributed by atoms with Crippen LogP contribution in [-0.2, 0) is 33.6 Å². The minimum Gasteiger partial charge on any atom is -0.481 e. The van der Waals surface area contributed by atoms with E-state index in [1.165, 1.54) is 0 Å². The summed E-state index contributed by atoms with van der Waals surface area (Å²) in [6.45, 7) is -0.278. The highest BCUT2D eigenvalue weighted by molar-refractivity contribution is 5.76. The van der Waals surface area contributed by atoms with Crippen LogP contribution in [0.25, 0.3) is 0 Å². The van der Waals surface area contributed by atoms with E-state index in [0.717, 1.165) is 0 Å². The topological polar surface area (TPSA) is 287 Å². The average Bonchev–Trinajstić information content (AvgIpc) is 2.58. The Morgan fingerprint density at radius 3 is 0.517 bits per heavy atom. The second kappa shape index (κ2) is 22.3. The van der Waals surface area contributed by atoms with Crippen molar-refractivity contribution in [2.75, 3.05) is 6.54 Å². The van der Waals surface area contributed by atoms with Gasteiger partial charge >= 0.3 is 41.8 Å². The first-order chi connectivity index (χ1) is 13.1. The van der Waals surface area contributed by atoms with Gasteiger partial charge in [-0.15, -0.1) is 0 Å². The first kappa shape index (κ1) is 32.9. The number of carboxylic acid groups (broad SMARTS) is 7. The van der Waals surface area contributed by atoms with Crippen LogP contribution in [-0.4, -0.2) is 84.1 Å². The van der Waals surface area contributed by atoms with Crippen LogP contribution < -0.4 is 5.73 Å². The van der Waals surface area contributed by atoms with Gasteiger partial charge in [0.2, 0.25) is 0 Å². The summed E-state index contributed by atoms with van der Waals surface area (Å²) in [6.07, 6.45) is -1.78. The number of hydrogen-bond donors (Lipinski definition) is 8. The van der Waals surface area contributed by atoms with Gasteiger partial charge < -0.3 is 41.5 Å². The third-order valence-electron chi connectivity index (χ3n) is 1.83. The molecule has 0 aromatic heterocycles. The van der Waals surface area contributed by atoms with E-state index in [1.807, 2.05) is 0 Å². The molecule has 29 heavy (non-hydrogen) atoms. The van der Waals surface area contributed by atoms with Gasteiger partial charge in [-0.2, -0.15) is 0 Å². The molecule has 15 nitrogen and oxygen atoms in total. The molecule has 0 heterocycles. The van der Waals surface area contributed by atoms with Crippen molar-refractivity contribution in [2.45, 2.75) is 38.5 Å². The first-order valence-corrected chi connectivity index (χ1v) is 7.38. The van der Waals surface area contributed by atoms with Gasteiger partial charge in [0, 0.05) is 0 Å². The monoisotopic (exact) mass is 429 g/mol. The van der Waals surface area contributed by atoms with Crippen molar-refractivity contribution in [3.05, 3.63) is 0 Å². The first-order valence-electron chi connectivity index (χ1n) is 7.38. The van der Waals surface area contributed by atoms with Crippen LogP contribution in [0.3, 0.4) is 0 Å². The van der Waals surface area contributed by atoms with Gasteiger partial charge in [-0.25, -0.2) is 0 Å². The van der Waals surface area contributed by atoms with Crippen molar-refractivity contribution >= 4 is 41.8 Å². The highest BCUT2D eigenvalue weighted by atomic mass is 16.4. The summed E-state index contributed by atoms with van der Waals surface area (Å²) in [6, 6.07) is 0. The maximum Gasteiger partial charge on any atom is 0.317 e. The number of aliphatic carboxylic acids is 7. The molecule has 0 radical (unpaired) electrons. The number of carboxylic acids is 7. The van der Waals surface area contributed by atoms with E-state index in [2.05, 4.69) is 5.73 Å². The SMILES string of the molecule is NCC(=O)O.O=C(O)CCC(=O)O.O=C(O)CCC(=O)O.O=C(O)CCC(=O)O. The molecule has 0 rings (SSSR count). The lowest BCUT2D eigenvalue weighted by Gasteiger charge is -1.85. The van der Waals surface area contributed by atoms with Gasteiger partial charge in [0.15, 0.2) is 0 Å². The number of nitrogens with two attached hydrogens (primary N) is 1. The molecule has 0 aliphatic heterocycles. The van der Waals surface area contributed by atoms with E-state index in [1.54, 1.807) is 0 Å². The Labute approximate surface area is 163 Å². The minimum absolute atomic E-state index is 0.278. The number of carbonyl (C=O) groups is 7. The third kappa shape index (κ3) is 68.4. The van der Waals surface area contributed by atoms with Crippen LogP contribution in [0.4, 0.5) is 0 Å². The molecule has 15 heteroatoms. The Kier molecular flexibility index (Phi) is 25.3. The molecule has 0 aliphatic carbocycles. The fraction of sp³-hybridized carbons (Fsp3) is 0.500. The van der Waals surface area contributed by atoms with E-state index in [9.17, 15) is 33.6 Å². The van der Waals surface area contributed by atoms with Crippen LogP contribution in [0.2, 0.25) is 0 Å². The zero-order valence-electron chi connectivity index (χ0n) is 15.0. The third-order valence-corrected chi connectivity index (χ3v) is 1.83. The largest absolute Gasteiger partial charge is 0.481 e. The van der Waals surface area contributed by atoms with Crippen molar-refractivity contribution in [2.24, 2.45) is 5.73 Å². The average molecular weight is 429 g/mol. The van der Waals surface area contributed by atoms with E-state index < -0.39 is 41.8 Å². The highest BCUT2D eigenvalue weighted by Crippen LogP contribution is 1.87. The summed E-state index contributed by atoms with van der Waals surface area (Å²) in [5.74, 6) is -7.43. The molecule has 0 spiro atoms. The Balaban J connectivity index is -0.000000146. The highest BCUT2D eigenvalue weighted by Gasteiger charge is 2.01. The lowest BCUT2D eigenvalue weighted by molar-refractivity contribution is -0.143. The molecule has 0 unspecified atom stereocenters. The molecule has 0 aromatic rings. The van der Waals surface area contributed by atoms with Crippen LogP contribution in [0.15, 0.2) is 0 Å².